The van der Waals surface area contributed by atoms with Crippen LogP contribution in [0.5, 0.6) is 0 Å². The van der Waals surface area contributed by atoms with Gasteiger partial charge in [-0.2, -0.15) is 0 Å². The van der Waals surface area contributed by atoms with Crippen molar-refractivity contribution in [3.63, 3.8) is 0 Å². The smallest absolute Gasteiger partial charge is 0.182 e. The number of fused-ring (bicyclic) bond motifs is 1. The van der Waals surface area contributed by atoms with Crippen molar-refractivity contribution in [1.29, 1.82) is 0 Å². The van der Waals surface area contributed by atoms with Crippen molar-refractivity contribution in [2.24, 2.45) is 0 Å². The first-order chi connectivity index (χ1) is 9.54. The molecule has 0 spiro atoms. The number of aryl methyl sites for hydroxylation is 1. The van der Waals surface area contributed by atoms with Gasteiger partial charge in [-0.25, -0.2) is 13.8 Å². The molecule has 0 aliphatic carbocycles. The van der Waals surface area contributed by atoms with Gasteiger partial charge in [0.25, 0.3) is 0 Å². The van der Waals surface area contributed by atoms with Gasteiger partial charge in [-0.3, -0.25) is 0 Å². The summed E-state index contributed by atoms with van der Waals surface area (Å²) in [5, 5.41) is 3.73. The van der Waals surface area contributed by atoms with Crippen LogP contribution in [0.2, 0.25) is 0 Å². The van der Waals surface area contributed by atoms with Crippen molar-refractivity contribution in [1.82, 2.24) is 4.98 Å². The van der Waals surface area contributed by atoms with E-state index in [0.29, 0.717) is 11.4 Å². The number of anilines is 3. The SMILES string of the molecule is Cc1nc2cc(Nc3cccc(F)c3F)c(N)cc2s1. The first kappa shape index (κ1) is 12.8. The topological polar surface area (TPSA) is 50.9 Å². The minimum Gasteiger partial charge on any atom is -0.397 e. The van der Waals surface area contributed by atoms with Gasteiger partial charge in [-0.1, -0.05) is 6.07 Å². The van der Waals surface area contributed by atoms with E-state index in [-0.39, 0.29) is 5.69 Å². The molecule has 1 aromatic heterocycles. The summed E-state index contributed by atoms with van der Waals surface area (Å²) in [6.07, 6.45) is 0. The Labute approximate surface area is 118 Å². The molecule has 6 heteroatoms. The largest absolute Gasteiger partial charge is 0.397 e. The van der Waals surface area contributed by atoms with Crippen LogP contribution in [0.15, 0.2) is 30.3 Å². The molecule has 0 atom stereocenters. The van der Waals surface area contributed by atoms with Crippen molar-refractivity contribution >= 4 is 38.6 Å². The number of nitrogen functional groups attached to an aromatic ring is 1. The summed E-state index contributed by atoms with van der Waals surface area (Å²) in [6.45, 7) is 1.90. The maximum atomic E-state index is 13.6. The van der Waals surface area contributed by atoms with E-state index in [1.54, 1.807) is 12.1 Å². The summed E-state index contributed by atoms with van der Waals surface area (Å²) in [6, 6.07) is 7.46. The average Bonchev–Trinajstić information content (AvgIpc) is 2.74. The van der Waals surface area contributed by atoms with Crippen LogP contribution >= 0.6 is 11.3 Å². The van der Waals surface area contributed by atoms with Crippen LogP contribution in [-0.2, 0) is 0 Å². The molecule has 3 rings (SSSR count). The van der Waals surface area contributed by atoms with Crippen molar-refractivity contribution in [2.75, 3.05) is 11.1 Å². The van der Waals surface area contributed by atoms with E-state index in [0.717, 1.165) is 21.3 Å². The number of hydrogen-bond donors (Lipinski definition) is 2. The summed E-state index contributed by atoms with van der Waals surface area (Å²) < 4.78 is 27.8. The second-order valence-corrected chi connectivity index (χ2v) is 5.60. The molecule has 0 saturated carbocycles. The minimum absolute atomic E-state index is 0.0444. The fourth-order valence-corrected chi connectivity index (χ4v) is 2.82. The molecule has 0 amide bonds. The lowest BCUT2D eigenvalue weighted by molar-refractivity contribution is 0.512. The fraction of sp³-hybridized carbons (Fsp3) is 0.0714. The van der Waals surface area contributed by atoms with E-state index in [2.05, 4.69) is 10.3 Å². The number of benzene rings is 2. The van der Waals surface area contributed by atoms with Gasteiger partial charge in [0.15, 0.2) is 11.6 Å². The summed E-state index contributed by atoms with van der Waals surface area (Å²) in [7, 11) is 0. The molecule has 3 aromatic rings. The maximum absolute atomic E-state index is 13.6. The van der Waals surface area contributed by atoms with Gasteiger partial charge in [0.1, 0.15) is 0 Å². The molecule has 0 saturated heterocycles. The molecule has 2 aromatic carbocycles. The van der Waals surface area contributed by atoms with E-state index in [1.165, 1.54) is 23.5 Å². The van der Waals surface area contributed by atoms with Gasteiger partial charge in [-0.05, 0) is 31.2 Å². The Morgan fingerprint density at radius 3 is 2.80 bits per heavy atom. The third kappa shape index (κ3) is 2.18. The molecule has 0 aliphatic heterocycles. The fourth-order valence-electron chi connectivity index (χ4n) is 1.96. The molecular weight excluding hydrogens is 280 g/mol. The van der Waals surface area contributed by atoms with Gasteiger partial charge >= 0.3 is 0 Å². The minimum atomic E-state index is -0.929. The second-order valence-electron chi connectivity index (χ2n) is 4.37. The van der Waals surface area contributed by atoms with Crippen LogP contribution in [0, 0.1) is 18.6 Å². The molecule has 0 unspecified atom stereocenters. The number of thiazole rings is 1. The zero-order chi connectivity index (χ0) is 14.3. The third-order valence-electron chi connectivity index (χ3n) is 2.89. The summed E-state index contributed by atoms with van der Waals surface area (Å²) in [5.41, 5.74) is 7.72. The predicted octanol–water partition coefficient (Wildman–Crippen LogP) is 4.21. The maximum Gasteiger partial charge on any atom is 0.182 e. The Bertz CT molecular complexity index is 798. The zero-order valence-electron chi connectivity index (χ0n) is 10.6. The molecule has 102 valence electrons. The van der Waals surface area contributed by atoms with Crippen molar-refractivity contribution in [3.05, 3.63) is 47.0 Å². The molecule has 0 fully saturated rings. The Hall–Kier alpha value is -2.21. The lowest BCUT2D eigenvalue weighted by Crippen LogP contribution is -1.99. The van der Waals surface area contributed by atoms with E-state index in [1.807, 2.05) is 6.92 Å². The number of rotatable bonds is 2. The van der Waals surface area contributed by atoms with Crippen LogP contribution in [0.25, 0.3) is 10.2 Å². The van der Waals surface area contributed by atoms with Crippen LogP contribution in [0.1, 0.15) is 5.01 Å². The Morgan fingerprint density at radius 1 is 1.20 bits per heavy atom. The number of nitrogens with two attached hydrogens (primary N) is 1. The Balaban J connectivity index is 2.05. The highest BCUT2D eigenvalue weighted by atomic mass is 32.1. The molecule has 20 heavy (non-hydrogen) atoms. The highest BCUT2D eigenvalue weighted by Crippen LogP contribution is 2.32. The van der Waals surface area contributed by atoms with Gasteiger partial charge in [-0.15, -0.1) is 11.3 Å². The number of hydrogen-bond acceptors (Lipinski definition) is 4. The zero-order valence-corrected chi connectivity index (χ0v) is 11.4. The van der Waals surface area contributed by atoms with Crippen LogP contribution < -0.4 is 11.1 Å². The Morgan fingerprint density at radius 2 is 2.00 bits per heavy atom. The first-order valence-corrected chi connectivity index (χ1v) is 6.74. The Kier molecular flexibility index (Phi) is 3.02. The monoisotopic (exact) mass is 291 g/mol. The van der Waals surface area contributed by atoms with E-state index >= 15 is 0 Å². The molecular formula is C14H11F2N3S. The third-order valence-corrected chi connectivity index (χ3v) is 3.82. The van der Waals surface area contributed by atoms with Crippen LogP contribution in [-0.4, -0.2) is 4.98 Å². The molecule has 1 heterocycles. The van der Waals surface area contributed by atoms with Gasteiger partial charge in [0.2, 0.25) is 0 Å². The van der Waals surface area contributed by atoms with Gasteiger partial charge in [0.05, 0.1) is 32.3 Å². The highest BCUT2D eigenvalue weighted by molar-refractivity contribution is 7.18. The molecule has 3 N–H and O–H groups in total. The summed E-state index contributed by atoms with van der Waals surface area (Å²) in [5.74, 6) is -1.83. The van der Waals surface area contributed by atoms with E-state index < -0.39 is 11.6 Å². The predicted molar refractivity (Wildman–Crippen MR) is 78.4 cm³/mol. The standard InChI is InChI=1S/C14H11F2N3S/c1-7-18-12-6-11(9(17)5-13(12)20-7)19-10-4-2-3-8(15)14(10)16/h2-6,19H,17H2,1H3. The number of halogens is 2. The molecule has 3 nitrogen and oxygen atoms in total. The first-order valence-electron chi connectivity index (χ1n) is 5.92. The number of aromatic nitrogens is 1. The highest BCUT2D eigenvalue weighted by Gasteiger charge is 2.11. The van der Waals surface area contributed by atoms with Crippen molar-refractivity contribution < 1.29 is 8.78 Å². The molecule has 0 aliphatic rings. The quantitative estimate of drug-likeness (QED) is 0.695. The van der Waals surface area contributed by atoms with Crippen LogP contribution in [0.3, 0.4) is 0 Å². The number of nitrogens with zero attached hydrogens (tertiary/aromatic N) is 1. The number of nitrogens with one attached hydrogen (secondary N) is 1. The van der Waals surface area contributed by atoms with Crippen molar-refractivity contribution in [3.8, 4) is 0 Å². The lowest BCUT2D eigenvalue weighted by atomic mass is 10.2. The average molecular weight is 291 g/mol. The molecule has 0 radical (unpaired) electrons. The van der Waals surface area contributed by atoms with E-state index in [9.17, 15) is 8.78 Å². The van der Waals surface area contributed by atoms with Crippen LogP contribution in [0.4, 0.5) is 25.8 Å². The van der Waals surface area contributed by atoms with Gasteiger partial charge < -0.3 is 11.1 Å². The van der Waals surface area contributed by atoms with E-state index in [4.69, 9.17) is 5.73 Å². The normalized spacial score (nSPS) is 10.9. The van der Waals surface area contributed by atoms with Gasteiger partial charge in [0, 0.05) is 0 Å². The summed E-state index contributed by atoms with van der Waals surface area (Å²) in [4.78, 5) is 4.35. The summed E-state index contributed by atoms with van der Waals surface area (Å²) >= 11 is 1.53. The second kappa shape index (κ2) is 4.72. The lowest BCUT2D eigenvalue weighted by Gasteiger charge is -2.10. The van der Waals surface area contributed by atoms with Crippen molar-refractivity contribution in [2.45, 2.75) is 6.92 Å². The molecule has 0 bridgehead atoms.